The van der Waals surface area contributed by atoms with Crippen molar-refractivity contribution in [1.29, 1.82) is 0 Å². The third-order valence-electron chi connectivity index (χ3n) is 3.79. The van der Waals surface area contributed by atoms with E-state index in [0.29, 0.717) is 12.1 Å². The predicted octanol–water partition coefficient (Wildman–Crippen LogP) is 3.38. The molecular weight excluding hydrogens is 208 g/mol. The van der Waals surface area contributed by atoms with Crippen LogP contribution in [0.4, 0.5) is 0 Å². The molecule has 2 nitrogen and oxygen atoms in total. The summed E-state index contributed by atoms with van der Waals surface area (Å²) in [6.07, 6.45) is 2.62. The second-order valence-electron chi connectivity index (χ2n) is 6.29. The molecule has 1 N–H and O–H groups in total. The highest BCUT2D eigenvalue weighted by molar-refractivity contribution is 4.69. The Bertz CT molecular complexity index is 178. The zero-order valence-corrected chi connectivity index (χ0v) is 13.1. The molecule has 2 heteroatoms. The first-order chi connectivity index (χ1) is 7.84. The molecule has 0 aliphatic rings. The van der Waals surface area contributed by atoms with Crippen molar-refractivity contribution in [2.75, 3.05) is 20.1 Å². The van der Waals surface area contributed by atoms with Gasteiger partial charge >= 0.3 is 0 Å². The zero-order valence-electron chi connectivity index (χ0n) is 13.1. The molecule has 17 heavy (non-hydrogen) atoms. The summed E-state index contributed by atoms with van der Waals surface area (Å²) in [4.78, 5) is 2.45. The molecule has 0 aromatic carbocycles. The van der Waals surface area contributed by atoms with E-state index in [9.17, 15) is 0 Å². The van der Waals surface area contributed by atoms with Crippen molar-refractivity contribution in [3.8, 4) is 0 Å². The molecular formula is C15H34N2. The van der Waals surface area contributed by atoms with Crippen LogP contribution in [0.2, 0.25) is 0 Å². The molecule has 0 amide bonds. The van der Waals surface area contributed by atoms with Crippen molar-refractivity contribution < 1.29 is 0 Å². The van der Waals surface area contributed by atoms with Crippen molar-refractivity contribution >= 4 is 0 Å². The maximum absolute atomic E-state index is 3.62. The lowest BCUT2D eigenvalue weighted by Crippen LogP contribution is -2.40. The standard InChI is InChI=1S/C15H34N2/c1-12(2)8-9-14(5)16-10-11-17(7)15(6)13(3)4/h12-16H,8-11H2,1-7H3. The number of likely N-dealkylation sites (N-methyl/N-ethyl adjacent to an activating group) is 1. The number of hydrogen-bond acceptors (Lipinski definition) is 2. The summed E-state index contributed by atoms with van der Waals surface area (Å²) in [5.41, 5.74) is 0. The first-order valence-electron chi connectivity index (χ1n) is 7.28. The summed E-state index contributed by atoms with van der Waals surface area (Å²) < 4.78 is 0. The van der Waals surface area contributed by atoms with Crippen molar-refractivity contribution in [2.24, 2.45) is 11.8 Å². The summed E-state index contributed by atoms with van der Waals surface area (Å²) in [6.45, 7) is 16.0. The largest absolute Gasteiger partial charge is 0.313 e. The molecule has 0 bridgehead atoms. The Morgan fingerprint density at radius 2 is 1.53 bits per heavy atom. The van der Waals surface area contributed by atoms with Gasteiger partial charge in [-0.1, -0.05) is 27.7 Å². The van der Waals surface area contributed by atoms with Crippen LogP contribution in [0.1, 0.15) is 54.4 Å². The van der Waals surface area contributed by atoms with Gasteiger partial charge in [-0.25, -0.2) is 0 Å². The van der Waals surface area contributed by atoms with Crippen LogP contribution in [-0.2, 0) is 0 Å². The van der Waals surface area contributed by atoms with E-state index in [0.717, 1.165) is 24.9 Å². The SMILES string of the molecule is CC(C)CCC(C)NCCN(C)C(C)C(C)C. The van der Waals surface area contributed by atoms with Gasteiger partial charge in [-0.2, -0.15) is 0 Å². The van der Waals surface area contributed by atoms with Crippen LogP contribution >= 0.6 is 0 Å². The lowest BCUT2D eigenvalue weighted by atomic mass is 10.0. The second-order valence-corrected chi connectivity index (χ2v) is 6.29. The molecule has 0 saturated heterocycles. The van der Waals surface area contributed by atoms with Crippen LogP contribution in [0, 0.1) is 11.8 Å². The molecule has 0 fully saturated rings. The Morgan fingerprint density at radius 3 is 2.00 bits per heavy atom. The molecule has 0 aliphatic heterocycles. The summed E-state index contributed by atoms with van der Waals surface area (Å²) >= 11 is 0. The summed E-state index contributed by atoms with van der Waals surface area (Å²) in [5.74, 6) is 1.56. The van der Waals surface area contributed by atoms with Crippen molar-refractivity contribution in [3.63, 3.8) is 0 Å². The van der Waals surface area contributed by atoms with Gasteiger partial charge in [-0.05, 0) is 45.6 Å². The van der Waals surface area contributed by atoms with Crippen molar-refractivity contribution in [2.45, 2.75) is 66.5 Å². The van der Waals surface area contributed by atoms with E-state index in [1.807, 2.05) is 0 Å². The van der Waals surface area contributed by atoms with Gasteiger partial charge in [0.2, 0.25) is 0 Å². The highest BCUT2D eigenvalue weighted by Crippen LogP contribution is 2.08. The van der Waals surface area contributed by atoms with Crippen LogP contribution in [0.25, 0.3) is 0 Å². The molecule has 0 aromatic rings. The monoisotopic (exact) mass is 242 g/mol. The molecule has 2 unspecified atom stereocenters. The maximum Gasteiger partial charge on any atom is 0.0107 e. The van der Waals surface area contributed by atoms with Gasteiger partial charge in [0.15, 0.2) is 0 Å². The Labute approximate surface area is 109 Å². The van der Waals surface area contributed by atoms with Crippen molar-refractivity contribution in [3.05, 3.63) is 0 Å². The van der Waals surface area contributed by atoms with Crippen LogP contribution < -0.4 is 5.32 Å². The summed E-state index contributed by atoms with van der Waals surface area (Å²) in [7, 11) is 2.23. The average molecular weight is 242 g/mol. The zero-order chi connectivity index (χ0) is 13.4. The first-order valence-corrected chi connectivity index (χ1v) is 7.28. The topological polar surface area (TPSA) is 15.3 Å². The molecule has 0 rings (SSSR count). The summed E-state index contributed by atoms with van der Waals surface area (Å²) in [6, 6.07) is 1.32. The normalized spacial score (nSPS) is 15.9. The Morgan fingerprint density at radius 1 is 0.941 bits per heavy atom. The Hall–Kier alpha value is -0.0800. The highest BCUT2D eigenvalue weighted by atomic mass is 15.1. The quantitative estimate of drug-likeness (QED) is 0.667. The van der Waals surface area contributed by atoms with Gasteiger partial charge in [0.1, 0.15) is 0 Å². The predicted molar refractivity (Wildman–Crippen MR) is 78.5 cm³/mol. The van der Waals surface area contributed by atoms with Crippen LogP contribution in [0.3, 0.4) is 0 Å². The van der Waals surface area contributed by atoms with Gasteiger partial charge in [0.05, 0.1) is 0 Å². The van der Waals surface area contributed by atoms with Crippen molar-refractivity contribution in [1.82, 2.24) is 10.2 Å². The Kier molecular flexibility index (Phi) is 8.89. The van der Waals surface area contributed by atoms with Crippen LogP contribution in [0.5, 0.6) is 0 Å². The lowest BCUT2D eigenvalue weighted by molar-refractivity contribution is 0.206. The summed E-state index contributed by atoms with van der Waals surface area (Å²) in [5, 5.41) is 3.62. The fourth-order valence-electron chi connectivity index (χ4n) is 1.89. The van der Waals surface area contributed by atoms with Gasteiger partial charge in [0, 0.05) is 25.2 Å². The third kappa shape index (κ3) is 8.62. The molecule has 0 saturated carbocycles. The average Bonchev–Trinajstić information content (AvgIpc) is 2.24. The minimum Gasteiger partial charge on any atom is -0.313 e. The van der Waals surface area contributed by atoms with E-state index in [2.05, 4.69) is 58.8 Å². The molecule has 0 spiro atoms. The molecule has 2 atom stereocenters. The second kappa shape index (κ2) is 8.93. The van der Waals surface area contributed by atoms with E-state index in [1.54, 1.807) is 0 Å². The minimum atomic E-state index is 0.653. The van der Waals surface area contributed by atoms with Crippen LogP contribution in [-0.4, -0.2) is 37.1 Å². The fourth-order valence-corrected chi connectivity index (χ4v) is 1.89. The molecule has 0 heterocycles. The van der Waals surface area contributed by atoms with Gasteiger partial charge in [-0.15, -0.1) is 0 Å². The molecule has 0 aliphatic carbocycles. The van der Waals surface area contributed by atoms with Gasteiger partial charge in [0.25, 0.3) is 0 Å². The van der Waals surface area contributed by atoms with E-state index >= 15 is 0 Å². The van der Waals surface area contributed by atoms with Crippen LogP contribution in [0.15, 0.2) is 0 Å². The minimum absolute atomic E-state index is 0.653. The maximum atomic E-state index is 3.62. The molecule has 104 valence electrons. The number of rotatable bonds is 9. The number of nitrogens with zero attached hydrogens (tertiary/aromatic N) is 1. The van der Waals surface area contributed by atoms with E-state index in [4.69, 9.17) is 0 Å². The molecule has 0 aromatic heterocycles. The van der Waals surface area contributed by atoms with E-state index < -0.39 is 0 Å². The van der Waals surface area contributed by atoms with Gasteiger partial charge < -0.3 is 10.2 Å². The highest BCUT2D eigenvalue weighted by Gasteiger charge is 2.12. The first kappa shape index (κ1) is 16.9. The van der Waals surface area contributed by atoms with Gasteiger partial charge in [-0.3, -0.25) is 0 Å². The number of hydrogen-bond donors (Lipinski definition) is 1. The van der Waals surface area contributed by atoms with E-state index in [-0.39, 0.29) is 0 Å². The Balaban J connectivity index is 3.62. The smallest absolute Gasteiger partial charge is 0.0107 e. The number of nitrogens with one attached hydrogen (secondary N) is 1. The lowest BCUT2D eigenvalue weighted by Gasteiger charge is -2.28. The molecule has 0 radical (unpaired) electrons. The van der Waals surface area contributed by atoms with E-state index in [1.165, 1.54) is 12.8 Å². The third-order valence-corrected chi connectivity index (χ3v) is 3.79. The fraction of sp³-hybridized carbons (Fsp3) is 1.00.